The van der Waals surface area contributed by atoms with Crippen LogP contribution in [-0.4, -0.2) is 14.5 Å². The van der Waals surface area contributed by atoms with Crippen LogP contribution in [0.5, 0.6) is 0 Å². The van der Waals surface area contributed by atoms with Gasteiger partial charge in [-0.05, 0) is 58.3 Å². The molecule has 0 unspecified atom stereocenters. The van der Waals surface area contributed by atoms with E-state index in [9.17, 15) is 0 Å². The molecule has 1 aromatic carbocycles. The average Bonchev–Trinajstić information content (AvgIpc) is 2.74. The maximum absolute atomic E-state index is 5.39. The van der Waals surface area contributed by atoms with Gasteiger partial charge in [-0.25, -0.2) is 4.98 Å². The summed E-state index contributed by atoms with van der Waals surface area (Å²) in [6, 6.07) is 10.4. The number of imidazole rings is 1. The third kappa shape index (κ3) is 2.24. The summed E-state index contributed by atoms with van der Waals surface area (Å²) in [7, 11) is 0. The number of aryl methyl sites for hydroxylation is 1. The second-order valence-electron chi connectivity index (χ2n) is 4.31. The van der Waals surface area contributed by atoms with Gasteiger partial charge in [-0.2, -0.15) is 0 Å². The van der Waals surface area contributed by atoms with Gasteiger partial charge >= 0.3 is 0 Å². The summed E-state index contributed by atoms with van der Waals surface area (Å²) in [5.41, 5.74) is 4.12. The summed E-state index contributed by atoms with van der Waals surface area (Å²) >= 11 is 8.81. The Morgan fingerprint density at radius 1 is 1.32 bits per heavy atom. The number of hydrogen-bond acceptors (Lipinski definition) is 2. The smallest absolute Gasteiger partial charge is 0.183 e. The molecule has 0 aliphatic rings. The van der Waals surface area contributed by atoms with Crippen LogP contribution in [0.3, 0.4) is 0 Å². The van der Waals surface area contributed by atoms with Crippen LogP contribution in [0.4, 0.5) is 0 Å². The molecule has 1 N–H and O–H groups in total. The van der Waals surface area contributed by atoms with E-state index in [-0.39, 0.29) is 0 Å². The molecule has 19 heavy (non-hydrogen) atoms. The molecule has 96 valence electrons. The Labute approximate surface area is 124 Å². The van der Waals surface area contributed by atoms with Crippen LogP contribution in [0.2, 0.25) is 0 Å². The molecule has 5 heteroatoms. The minimum atomic E-state index is 0.657. The molecule has 0 bridgehead atoms. The number of hydrogen-bond donors (Lipinski definition) is 1. The number of nitrogens with one attached hydrogen (secondary N) is 1. The molecule has 0 atom stereocenters. The summed E-state index contributed by atoms with van der Waals surface area (Å²) in [5.74, 6) is 0. The molecule has 0 fully saturated rings. The molecule has 0 amide bonds. The fourth-order valence-corrected chi connectivity index (χ4v) is 2.72. The molecule has 0 aliphatic heterocycles. The number of halogens is 1. The number of benzene rings is 1. The molecule has 0 radical (unpaired) electrons. The fourth-order valence-electron chi connectivity index (χ4n) is 2.09. The molecule has 3 nitrogen and oxygen atoms in total. The van der Waals surface area contributed by atoms with Gasteiger partial charge in [-0.1, -0.05) is 19.1 Å². The Balaban J connectivity index is 2.23. The largest absolute Gasteiger partial charge is 0.329 e. The van der Waals surface area contributed by atoms with E-state index in [0.717, 1.165) is 27.7 Å². The van der Waals surface area contributed by atoms with Crippen molar-refractivity contribution in [1.29, 1.82) is 0 Å². The van der Waals surface area contributed by atoms with Crippen LogP contribution in [0.15, 0.2) is 41.0 Å². The van der Waals surface area contributed by atoms with Crippen molar-refractivity contribution >= 4 is 39.3 Å². The molecule has 3 rings (SSSR count). The van der Waals surface area contributed by atoms with E-state index >= 15 is 0 Å². The van der Waals surface area contributed by atoms with Crippen LogP contribution in [0.1, 0.15) is 12.5 Å². The van der Waals surface area contributed by atoms with Crippen molar-refractivity contribution in [2.45, 2.75) is 13.3 Å². The lowest BCUT2D eigenvalue weighted by Crippen LogP contribution is -1.95. The first kappa shape index (κ1) is 12.6. The second kappa shape index (κ2) is 4.90. The number of rotatable bonds is 2. The molecule has 2 heterocycles. The molecular weight excluding hydrogens is 322 g/mol. The normalized spacial score (nSPS) is 11.1. The molecule has 0 aliphatic carbocycles. The summed E-state index contributed by atoms with van der Waals surface area (Å²) in [6.45, 7) is 2.14. The zero-order valence-electron chi connectivity index (χ0n) is 10.4. The standard InChI is InChI=1S/C14H12BrN3S/c1-2-9-3-5-11(6-4-9)18-13-12(17-14(18)19)7-10(15)8-16-13/h3-8H,2H2,1H3,(H,17,19). The first-order valence-corrected chi connectivity index (χ1v) is 7.25. The molecule has 2 aromatic heterocycles. The third-order valence-corrected chi connectivity index (χ3v) is 3.81. The van der Waals surface area contributed by atoms with Crippen molar-refractivity contribution in [3.63, 3.8) is 0 Å². The number of H-pyrrole nitrogens is 1. The Morgan fingerprint density at radius 2 is 2.05 bits per heavy atom. The lowest BCUT2D eigenvalue weighted by Gasteiger charge is -2.05. The van der Waals surface area contributed by atoms with Gasteiger partial charge in [0.1, 0.15) is 0 Å². The molecule has 0 saturated carbocycles. The predicted octanol–water partition coefficient (Wildman–Crippen LogP) is 4.41. The van der Waals surface area contributed by atoms with Crippen LogP contribution in [0, 0.1) is 4.77 Å². The summed E-state index contributed by atoms with van der Waals surface area (Å²) in [4.78, 5) is 7.62. The maximum atomic E-state index is 5.39. The summed E-state index contributed by atoms with van der Waals surface area (Å²) < 4.78 is 3.55. The van der Waals surface area contributed by atoms with Gasteiger partial charge in [-0.3, -0.25) is 4.57 Å². The molecule has 0 saturated heterocycles. The van der Waals surface area contributed by atoms with Gasteiger partial charge < -0.3 is 4.98 Å². The average molecular weight is 334 g/mol. The highest BCUT2D eigenvalue weighted by molar-refractivity contribution is 9.10. The Bertz CT molecular complexity index is 787. The van der Waals surface area contributed by atoms with E-state index in [1.54, 1.807) is 6.20 Å². The highest BCUT2D eigenvalue weighted by Gasteiger charge is 2.08. The number of aromatic nitrogens is 3. The Hall–Kier alpha value is -1.46. The minimum absolute atomic E-state index is 0.657. The van der Waals surface area contributed by atoms with E-state index < -0.39 is 0 Å². The Morgan fingerprint density at radius 3 is 2.74 bits per heavy atom. The third-order valence-electron chi connectivity index (χ3n) is 3.09. The van der Waals surface area contributed by atoms with Gasteiger partial charge in [0.05, 0.1) is 5.52 Å². The monoisotopic (exact) mass is 333 g/mol. The van der Waals surface area contributed by atoms with E-state index in [1.807, 2.05) is 10.6 Å². The molecule has 3 aromatic rings. The summed E-state index contributed by atoms with van der Waals surface area (Å²) in [6.07, 6.45) is 2.81. The van der Waals surface area contributed by atoms with Crippen molar-refractivity contribution < 1.29 is 0 Å². The number of pyridine rings is 1. The number of nitrogens with zero attached hydrogens (tertiary/aromatic N) is 2. The van der Waals surface area contributed by atoms with E-state index in [0.29, 0.717) is 4.77 Å². The minimum Gasteiger partial charge on any atom is -0.329 e. The maximum Gasteiger partial charge on any atom is 0.183 e. The highest BCUT2D eigenvalue weighted by atomic mass is 79.9. The van der Waals surface area contributed by atoms with Crippen molar-refractivity contribution in [1.82, 2.24) is 14.5 Å². The lowest BCUT2D eigenvalue weighted by atomic mass is 10.1. The van der Waals surface area contributed by atoms with Crippen molar-refractivity contribution in [2.75, 3.05) is 0 Å². The van der Waals surface area contributed by atoms with Crippen molar-refractivity contribution in [2.24, 2.45) is 0 Å². The van der Waals surface area contributed by atoms with Crippen molar-refractivity contribution in [3.8, 4) is 5.69 Å². The van der Waals surface area contributed by atoms with Crippen LogP contribution in [0.25, 0.3) is 16.9 Å². The van der Waals surface area contributed by atoms with E-state index in [2.05, 4.69) is 57.1 Å². The number of aromatic amines is 1. The number of fused-ring (bicyclic) bond motifs is 1. The predicted molar refractivity (Wildman–Crippen MR) is 83.3 cm³/mol. The molecular formula is C14H12BrN3S. The first-order chi connectivity index (χ1) is 9.19. The van der Waals surface area contributed by atoms with Crippen LogP contribution < -0.4 is 0 Å². The topological polar surface area (TPSA) is 33.6 Å². The second-order valence-corrected chi connectivity index (χ2v) is 5.61. The van der Waals surface area contributed by atoms with Gasteiger partial charge in [0, 0.05) is 16.4 Å². The van der Waals surface area contributed by atoms with E-state index in [1.165, 1.54) is 5.56 Å². The highest BCUT2D eigenvalue weighted by Crippen LogP contribution is 2.21. The van der Waals surface area contributed by atoms with Crippen molar-refractivity contribution in [3.05, 3.63) is 51.3 Å². The van der Waals surface area contributed by atoms with Crippen LogP contribution >= 0.6 is 28.1 Å². The fraction of sp³-hybridized carbons (Fsp3) is 0.143. The zero-order chi connectivity index (χ0) is 13.4. The van der Waals surface area contributed by atoms with Gasteiger partial charge in [0.25, 0.3) is 0 Å². The molecule has 0 spiro atoms. The summed E-state index contributed by atoms with van der Waals surface area (Å²) in [5, 5.41) is 0. The Kier molecular flexibility index (Phi) is 3.24. The first-order valence-electron chi connectivity index (χ1n) is 6.04. The van der Waals surface area contributed by atoms with Gasteiger partial charge in [0.2, 0.25) is 0 Å². The lowest BCUT2D eigenvalue weighted by molar-refractivity contribution is 1.04. The quantitative estimate of drug-likeness (QED) is 0.705. The zero-order valence-corrected chi connectivity index (χ0v) is 12.8. The van der Waals surface area contributed by atoms with Gasteiger partial charge in [0.15, 0.2) is 10.4 Å². The SMILES string of the molecule is CCc1ccc(-n2c(=S)[nH]c3cc(Br)cnc32)cc1. The van der Waals surface area contributed by atoms with E-state index in [4.69, 9.17) is 12.2 Å². The van der Waals surface area contributed by atoms with Gasteiger partial charge in [-0.15, -0.1) is 0 Å². The van der Waals surface area contributed by atoms with Crippen LogP contribution in [-0.2, 0) is 6.42 Å².